The van der Waals surface area contributed by atoms with Crippen LogP contribution in [0.5, 0.6) is 0 Å². The second kappa shape index (κ2) is 11.5. The van der Waals surface area contributed by atoms with Gasteiger partial charge in [-0.15, -0.1) is 0 Å². The van der Waals surface area contributed by atoms with Crippen LogP contribution in [-0.4, -0.2) is 25.8 Å². The molecular weight excluding hydrogens is 192 g/mol. The molecule has 3 nitrogen and oxygen atoms in total. The largest absolute Gasteiger partial charge is 0.466 e. The van der Waals surface area contributed by atoms with E-state index in [1.807, 2.05) is 6.92 Å². The highest BCUT2D eigenvalue weighted by Gasteiger charge is 1.94. The minimum atomic E-state index is -0.174. The molecule has 0 bridgehead atoms. The SMILES string of the molecule is CCOCCCCCCCCOC(C)=O. The lowest BCUT2D eigenvalue weighted by atomic mass is 10.1. The third kappa shape index (κ3) is 13.4. The van der Waals surface area contributed by atoms with Gasteiger partial charge >= 0.3 is 5.97 Å². The molecule has 15 heavy (non-hydrogen) atoms. The molecule has 0 heterocycles. The molecule has 0 spiro atoms. The van der Waals surface area contributed by atoms with Gasteiger partial charge in [0, 0.05) is 20.1 Å². The standard InChI is InChI=1S/C12H24O3/c1-3-14-10-8-6-4-5-7-9-11-15-12(2)13/h3-11H2,1-2H3. The van der Waals surface area contributed by atoms with Crippen LogP contribution in [-0.2, 0) is 14.3 Å². The van der Waals surface area contributed by atoms with Gasteiger partial charge in [-0.25, -0.2) is 0 Å². The summed E-state index contributed by atoms with van der Waals surface area (Å²) >= 11 is 0. The van der Waals surface area contributed by atoms with Crippen molar-refractivity contribution in [2.75, 3.05) is 19.8 Å². The summed E-state index contributed by atoms with van der Waals surface area (Å²) in [6.45, 7) is 5.77. The van der Waals surface area contributed by atoms with Crippen molar-refractivity contribution in [2.24, 2.45) is 0 Å². The van der Waals surface area contributed by atoms with Gasteiger partial charge in [0.05, 0.1) is 6.61 Å². The van der Waals surface area contributed by atoms with Gasteiger partial charge in [0.15, 0.2) is 0 Å². The van der Waals surface area contributed by atoms with E-state index in [0.29, 0.717) is 6.61 Å². The van der Waals surface area contributed by atoms with Gasteiger partial charge in [-0.1, -0.05) is 25.7 Å². The Morgan fingerprint density at radius 2 is 1.47 bits per heavy atom. The maximum absolute atomic E-state index is 10.4. The highest BCUT2D eigenvalue weighted by Crippen LogP contribution is 2.05. The summed E-state index contributed by atoms with van der Waals surface area (Å²) in [6.07, 6.45) is 7.04. The van der Waals surface area contributed by atoms with E-state index in [1.54, 1.807) is 0 Å². The molecule has 0 rings (SSSR count). The minimum Gasteiger partial charge on any atom is -0.466 e. The van der Waals surface area contributed by atoms with Gasteiger partial charge in [-0.05, 0) is 19.8 Å². The van der Waals surface area contributed by atoms with Crippen molar-refractivity contribution >= 4 is 5.97 Å². The van der Waals surface area contributed by atoms with Crippen LogP contribution in [0.1, 0.15) is 52.4 Å². The Kier molecular flexibility index (Phi) is 11.1. The van der Waals surface area contributed by atoms with E-state index in [2.05, 4.69) is 0 Å². The number of hydrogen-bond acceptors (Lipinski definition) is 3. The highest BCUT2D eigenvalue weighted by molar-refractivity contribution is 5.65. The smallest absolute Gasteiger partial charge is 0.302 e. The quantitative estimate of drug-likeness (QED) is 0.416. The van der Waals surface area contributed by atoms with Crippen LogP contribution in [0, 0.1) is 0 Å². The molecule has 0 atom stereocenters. The summed E-state index contributed by atoms with van der Waals surface area (Å²) in [5.74, 6) is -0.174. The zero-order chi connectivity index (χ0) is 11.4. The summed E-state index contributed by atoms with van der Waals surface area (Å²) in [6, 6.07) is 0. The van der Waals surface area contributed by atoms with Gasteiger partial charge in [0.2, 0.25) is 0 Å². The van der Waals surface area contributed by atoms with Gasteiger partial charge in [-0.3, -0.25) is 4.79 Å². The van der Waals surface area contributed by atoms with Crippen LogP contribution < -0.4 is 0 Å². The highest BCUT2D eigenvalue weighted by atomic mass is 16.5. The monoisotopic (exact) mass is 216 g/mol. The molecule has 0 fully saturated rings. The molecule has 0 radical (unpaired) electrons. The Hall–Kier alpha value is -0.570. The van der Waals surface area contributed by atoms with Crippen LogP contribution >= 0.6 is 0 Å². The first-order valence-electron chi connectivity index (χ1n) is 5.98. The number of carbonyl (C=O) groups excluding carboxylic acids is 1. The number of carbonyl (C=O) groups is 1. The second-order valence-electron chi connectivity index (χ2n) is 3.66. The molecule has 0 aromatic heterocycles. The third-order valence-electron chi connectivity index (χ3n) is 2.19. The molecule has 90 valence electrons. The lowest BCUT2D eigenvalue weighted by Gasteiger charge is -2.03. The average molecular weight is 216 g/mol. The van der Waals surface area contributed by atoms with Crippen LogP contribution in [0.15, 0.2) is 0 Å². The summed E-state index contributed by atoms with van der Waals surface area (Å²) in [4.78, 5) is 10.4. The van der Waals surface area contributed by atoms with Crippen molar-refractivity contribution in [1.29, 1.82) is 0 Å². The molecule has 0 aromatic rings. The molecule has 0 aliphatic rings. The topological polar surface area (TPSA) is 35.5 Å². The van der Waals surface area contributed by atoms with Gasteiger partial charge in [0.1, 0.15) is 0 Å². The van der Waals surface area contributed by atoms with Crippen LogP contribution in [0.25, 0.3) is 0 Å². The molecule has 0 aromatic carbocycles. The molecule has 3 heteroatoms. The zero-order valence-corrected chi connectivity index (χ0v) is 10.1. The minimum absolute atomic E-state index is 0.174. The Labute approximate surface area is 93.1 Å². The van der Waals surface area contributed by atoms with Crippen LogP contribution in [0.4, 0.5) is 0 Å². The van der Waals surface area contributed by atoms with Crippen molar-refractivity contribution < 1.29 is 14.3 Å². The Morgan fingerprint density at radius 1 is 0.933 bits per heavy atom. The van der Waals surface area contributed by atoms with E-state index in [0.717, 1.165) is 32.5 Å². The lowest BCUT2D eigenvalue weighted by Crippen LogP contribution is -2.00. The predicted octanol–water partition coefficient (Wildman–Crippen LogP) is 2.93. The van der Waals surface area contributed by atoms with E-state index < -0.39 is 0 Å². The van der Waals surface area contributed by atoms with Crippen LogP contribution in [0.3, 0.4) is 0 Å². The van der Waals surface area contributed by atoms with E-state index in [-0.39, 0.29) is 5.97 Å². The number of esters is 1. The lowest BCUT2D eigenvalue weighted by molar-refractivity contribution is -0.141. The number of ether oxygens (including phenoxy) is 2. The summed E-state index contributed by atoms with van der Waals surface area (Å²) in [5.41, 5.74) is 0. The molecule has 0 amide bonds. The Bertz CT molecular complexity index is 146. The van der Waals surface area contributed by atoms with Crippen molar-refractivity contribution in [3.8, 4) is 0 Å². The number of rotatable bonds is 10. The maximum Gasteiger partial charge on any atom is 0.302 e. The van der Waals surface area contributed by atoms with Crippen molar-refractivity contribution in [2.45, 2.75) is 52.4 Å². The number of unbranched alkanes of at least 4 members (excludes halogenated alkanes) is 5. The van der Waals surface area contributed by atoms with Gasteiger partial charge in [-0.2, -0.15) is 0 Å². The van der Waals surface area contributed by atoms with Gasteiger partial charge < -0.3 is 9.47 Å². The third-order valence-corrected chi connectivity index (χ3v) is 2.19. The fraction of sp³-hybridized carbons (Fsp3) is 0.917. The van der Waals surface area contributed by atoms with Gasteiger partial charge in [0.25, 0.3) is 0 Å². The molecule has 0 aliphatic heterocycles. The molecule has 0 saturated carbocycles. The summed E-state index contributed by atoms with van der Waals surface area (Å²) in [7, 11) is 0. The van der Waals surface area contributed by atoms with E-state index in [1.165, 1.54) is 26.2 Å². The predicted molar refractivity (Wildman–Crippen MR) is 60.8 cm³/mol. The van der Waals surface area contributed by atoms with E-state index >= 15 is 0 Å². The summed E-state index contributed by atoms with van der Waals surface area (Å²) in [5, 5.41) is 0. The molecular formula is C12H24O3. The average Bonchev–Trinajstić information content (AvgIpc) is 2.20. The Morgan fingerprint density at radius 3 is 2.00 bits per heavy atom. The molecule has 0 aliphatic carbocycles. The van der Waals surface area contributed by atoms with Crippen molar-refractivity contribution in [3.05, 3.63) is 0 Å². The fourth-order valence-electron chi connectivity index (χ4n) is 1.37. The van der Waals surface area contributed by atoms with Crippen molar-refractivity contribution in [1.82, 2.24) is 0 Å². The normalized spacial score (nSPS) is 10.3. The first-order chi connectivity index (χ1) is 7.27. The molecule has 0 N–H and O–H groups in total. The van der Waals surface area contributed by atoms with E-state index in [9.17, 15) is 4.79 Å². The summed E-state index contributed by atoms with van der Waals surface area (Å²) < 4.78 is 10.1. The fourth-order valence-corrected chi connectivity index (χ4v) is 1.37. The Balaban J connectivity index is 2.89. The second-order valence-corrected chi connectivity index (χ2v) is 3.66. The number of hydrogen-bond donors (Lipinski definition) is 0. The molecule has 0 unspecified atom stereocenters. The molecule has 0 saturated heterocycles. The zero-order valence-electron chi connectivity index (χ0n) is 10.1. The van der Waals surface area contributed by atoms with E-state index in [4.69, 9.17) is 9.47 Å². The maximum atomic E-state index is 10.4. The van der Waals surface area contributed by atoms with Crippen LogP contribution in [0.2, 0.25) is 0 Å². The first kappa shape index (κ1) is 14.4. The van der Waals surface area contributed by atoms with Crippen molar-refractivity contribution in [3.63, 3.8) is 0 Å². The first-order valence-corrected chi connectivity index (χ1v) is 5.98.